The van der Waals surface area contributed by atoms with E-state index in [0.717, 1.165) is 15.7 Å². The molecule has 0 spiro atoms. The van der Waals surface area contributed by atoms with Crippen LogP contribution >= 0.6 is 22.6 Å². The SMILES string of the molecule is CCc1cccc(NC(=O)c2ccccc2I)c1. The number of anilines is 1. The van der Waals surface area contributed by atoms with Gasteiger partial charge in [-0.3, -0.25) is 4.79 Å². The first-order valence-electron chi connectivity index (χ1n) is 5.85. The number of halogens is 1. The topological polar surface area (TPSA) is 29.1 Å². The van der Waals surface area contributed by atoms with Crippen LogP contribution in [0.1, 0.15) is 22.8 Å². The maximum absolute atomic E-state index is 12.1. The highest BCUT2D eigenvalue weighted by Crippen LogP contribution is 2.16. The van der Waals surface area contributed by atoms with Crippen LogP contribution < -0.4 is 5.32 Å². The number of nitrogens with one attached hydrogen (secondary N) is 1. The van der Waals surface area contributed by atoms with Crippen molar-refractivity contribution in [2.45, 2.75) is 13.3 Å². The molecule has 0 aromatic heterocycles. The van der Waals surface area contributed by atoms with Gasteiger partial charge in [-0.1, -0.05) is 31.2 Å². The molecule has 2 rings (SSSR count). The zero-order valence-electron chi connectivity index (χ0n) is 10.1. The first-order valence-corrected chi connectivity index (χ1v) is 6.93. The maximum Gasteiger partial charge on any atom is 0.256 e. The van der Waals surface area contributed by atoms with Crippen LogP contribution in [0.2, 0.25) is 0 Å². The molecule has 1 amide bonds. The molecule has 0 saturated heterocycles. The number of hydrogen-bond acceptors (Lipinski definition) is 1. The van der Waals surface area contributed by atoms with E-state index in [1.165, 1.54) is 5.56 Å². The Morgan fingerprint density at radius 2 is 1.94 bits per heavy atom. The molecule has 0 fully saturated rings. The van der Waals surface area contributed by atoms with Gasteiger partial charge in [0.1, 0.15) is 0 Å². The van der Waals surface area contributed by atoms with Crippen molar-refractivity contribution in [3.63, 3.8) is 0 Å². The smallest absolute Gasteiger partial charge is 0.256 e. The molecule has 2 nitrogen and oxygen atoms in total. The minimum absolute atomic E-state index is 0.0618. The molecule has 92 valence electrons. The maximum atomic E-state index is 12.1. The number of carbonyl (C=O) groups is 1. The summed E-state index contributed by atoms with van der Waals surface area (Å²) in [6.45, 7) is 2.10. The van der Waals surface area contributed by atoms with Gasteiger partial charge < -0.3 is 5.32 Å². The fourth-order valence-electron chi connectivity index (χ4n) is 1.71. The van der Waals surface area contributed by atoms with Crippen molar-refractivity contribution >= 4 is 34.2 Å². The number of benzene rings is 2. The first kappa shape index (κ1) is 13.1. The van der Waals surface area contributed by atoms with Crippen LogP contribution in [0.15, 0.2) is 48.5 Å². The van der Waals surface area contributed by atoms with Gasteiger partial charge in [-0.2, -0.15) is 0 Å². The Morgan fingerprint density at radius 1 is 1.17 bits per heavy atom. The van der Waals surface area contributed by atoms with Crippen molar-refractivity contribution < 1.29 is 4.79 Å². The number of hydrogen-bond donors (Lipinski definition) is 1. The van der Waals surface area contributed by atoms with Crippen LogP contribution in [-0.4, -0.2) is 5.91 Å². The third-order valence-corrected chi connectivity index (χ3v) is 3.65. The molecule has 3 heteroatoms. The lowest BCUT2D eigenvalue weighted by molar-refractivity contribution is 0.102. The van der Waals surface area contributed by atoms with Gasteiger partial charge in [0.25, 0.3) is 5.91 Å². The third kappa shape index (κ3) is 3.10. The first-order chi connectivity index (χ1) is 8.70. The molecule has 0 aliphatic carbocycles. The third-order valence-electron chi connectivity index (χ3n) is 2.71. The van der Waals surface area contributed by atoms with Crippen LogP contribution in [-0.2, 0) is 6.42 Å². The molecule has 0 unspecified atom stereocenters. The van der Waals surface area contributed by atoms with E-state index < -0.39 is 0 Å². The summed E-state index contributed by atoms with van der Waals surface area (Å²) in [5, 5.41) is 2.93. The lowest BCUT2D eigenvalue weighted by Crippen LogP contribution is -2.13. The average Bonchev–Trinajstić information content (AvgIpc) is 2.39. The molecule has 0 radical (unpaired) electrons. The Labute approximate surface area is 121 Å². The molecule has 0 heterocycles. The molecular weight excluding hydrogens is 337 g/mol. The number of rotatable bonds is 3. The molecule has 2 aromatic carbocycles. The second-order valence-corrected chi connectivity index (χ2v) is 5.15. The highest BCUT2D eigenvalue weighted by atomic mass is 127. The molecule has 1 N–H and O–H groups in total. The van der Waals surface area contributed by atoms with Gasteiger partial charge in [0, 0.05) is 9.26 Å². The number of carbonyl (C=O) groups excluding carboxylic acids is 1. The van der Waals surface area contributed by atoms with E-state index in [4.69, 9.17) is 0 Å². The average molecular weight is 351 g/mol. The Balaban J connectivity index is 2.19. The van der Waals surface area contributed by atoms with E-state index in [1.54, 1.807) is 0 Å². The second-order valence-electron chi connectivity index (χ2n) is 3.99. The zero-order valence-corrected chi connectivity index (χ0v) is 12.3. The predicted octanol–water partition coefficient (Wildman–Crippen LogP) is 4.11. The van der Waals surface area contributed by atoms with Gasteiger partial charge >= 0.3 is 0 Å². The largest absolute Gasteiger partial charge is 0.322 e. The number of aryl methyl sites for hydroxylation is 1. The predicted molar refractivity (Wildman–Crippen MR) is 82.9 cm³/mol. The van der Waals surface area contributed by atoms with E-state index in [2.05, 4.69) is 40.9 Å². The Bertz CT molecular complexity index is 566. The minimum atomic E-state index is -0.0618. The van der Waals surface area contributed by atoms with Crippen molar-refractivity contribution in [2.75, 3.05) is 5.32 Å². The zero-order chi connectivity index (χ0) is 13.0. The Hall–Kier alpha value is -1.36. The molecule has 18 heavy (non-hydrogen) atoms. The molecule has 0 saturated carbocycles. The van der Waals surface area contributed by atoms with Gasteiger partial charge in [0.15, 0.2) is 0 Å². The van der Waals surface area contributed by atoms with E-state index in [-0.39, 0.29) is 5.91 Å². The molecule has 0 bridgehead atoms. The van der Waals surface area contributed by atoms with E-state index in [1.807, 2.05) is 42.5 Å². The van der Waals surface area contributed by atoms with Gasteiger partial charge in [-0.05, 0) is 58.8 Å². The van der Waals surface area contributed by atoms with Crippen LogP contribution in [0.25, 0.3) is 0 Å². The molecule has 0 aliphatic heterocycles. The highest BCUT2D eigenvalue weighted by Gasteiger charge is 2.09. The lowest BCUT2D eigenvalue weighted by atomic mass is 10.1. The highest BCUT2D eigenvalue weighted by molar-refractivity contribution is 14.1. The summed E-state index contributed by atoms with van der Waals surface area (Å²) in [6.07, 6.45) is 0.965. The minimum Gasteiger partial charge on any atom is -0.322 e. The standard InChI is InChI=1S/C15H14INO/c1-2-11-6-5-7-12(10-11)17-15(18)13-8-3-4-9-14(13)16/h3-10H,2H2,1H3,(H,17,18). The molecule has 0 aliphatic rings. The summed E-state index contributed by atoms with van der Waals surface area (Å²) in [5.41, 5.74) is 2.77. The van der Waals surface area contributed by atoms with Crippen molar-refractivity contribution in [3.8, 4) is 0 Å². The Kier molecular flexibility index (Phi) is 4.36. The summed E-state index contributed by atoms with van der Waals surface area (Å²) in [7, 11) is 0. The molecular formula is C15H14INO. The fourth-order valence-corrected chi connectivity index (χ4v) is 2.35. The number of amides is 1. The van der Waals surface area contributed by atoms with Gasteiger partial charge in [-0.15, -0.1) is 0 Å². The van der Waals surface area contributed by atoms with E-state index in [0.29, 0.717) is 5.56 Å². The quantitative estimate of drug-likeness (QED) is 0.829. The summed E-state index contributed by atoms with van der Waals surface area (Å²) in [5.74, 6) is -0.0618. The van der Waals surface area contributed by atoms with E-state index >= 15 is 0 Å². The van der Waals surface area contributed by atoms with Crippen molar-refractivity contribution in [3.05, 3.63) is 63.2 Å². The van der Waals surface area contributed by atoms with Crippen LogP contribution in [0.4, 0.5) is 5.69 Å². The van der Waals surface area contributed by atoms with Gasteiger partial charge in [0.05, 0.1) is 5.56 Å². The Morgan fingerprint density at radius 3 is 2.67 bits per heavy atom. The van der Waals surface area contributed by atoms with Gasteiger partial charge in [-0.25, -0.2) is 0 Å². The van der Waals surface area contributed by atoms with Crippen LogP contribution in [0, 0.1) is 3.57 Å². The van der Waals surface area contributed by atoms with Crippen molar-refractivity contribution in [1.82, 2.24) is 0 Å². The van der Waals surface area contributed by atoms with E-state index in [9.17, 15) is 4.79 Å². The fraction of sp³-hybridized carbons (Fsp3) is 0.133. The monoisotopic (exact) mass is 351 g/mol. The second kappa shape index (κ2) is 6.00. The van der Waals surface area contributed by atoms with Gasteiger partial charge in [0.2, 0.25) is 0 Å². The van der Waals surface area contributed by atoms with Crippen LogP contribution in [0.3, 0.4) is 0 Å². The van der Waals surface area contributed by atoms with Crippen molar-refractivity contribution in [2.24, 2.45) is 0 Å². The molecule has 0 atom stereocenters. The van der Waals surface area contributed by atoms with Crippen molar-refractivity contribution in [1.29, 1.82) is 0 Å². The summed E-state index contributed by atoms with van der Waals surface area (Å²) in [6, 6.07) is 15.5. The summed E-state index contributed by atoms with van der Waals surface area (Å²) >= 11 is 2.17. The normalized spacial score (nSPS) is 10.1. The summed E-state index contributed by atoms with van der Waals surface area (Å²) < 4.78 is 0.958. The summed E-state index contributed by atoms with van der Waals surface area (Å²) in [4.78, 5) is 12.1. The van der Waals surface area contributed by atoms with Crippen LogP contribution in [0.5, 0.6) is 0 Å². The molecule has 2 aromatic rings. The lowest BCUT2D eigenvalue weighted by Gasteiger charge is -2.07.